The molecule has 0 atom stereocenters. The zero-order valence-electron chi connectivity index (χ0n) is 9.58. The molecule has 0 fully saturated rings. The number of nitrogens with zero attached hydrogens (tertiary/aromatic N) is 1. The van der Waals surface area contributed by atoms with Crippen LogP contribution in [0.15, 0.2) is 36.4 Å². The molecular formula is C14H9Cl2NO. The van der Waals surface area contributed by atoms with Crippen LogP contribution in [0.1, 0.15) is 11.1 Å². The maximum atomic E-state index is 9.02. The first kappa shape index (κ1) is 12.8. The number of rotatable bonds is 2. The van der Waals surface area contributed by atoms with E-state index in [0.717, 1.165) is 5.56 Å². The van der Waals surface area contributed by atoms with E-state index >= 15 is 0 Å². The minimum Gasteiger partial charge on any atom is -0.453 e. The van der Waals surface area contributed by atoms with Crippen molar-refractivity contribution < 1.29 is 4.74 Å². The molecule has 0 unspecified atom stereocenters. The third-order valence-electron chi connectivity index (χ3n) is 2.39. The number of hydrogen-bond acceptors (Lipinski definition) is 2. The van der Waals surface area contributed by atoms with Crippen molar-refractivity contribution >= 4 is 23.2 Å². The third kappa shape index (κ3) is 2.59. The van der Waals surface area contributed by atoms with Crippen LogP contribution in [0.4, 0.5) is 0 Å². The number of nitriles is 1. The molecule has 4 heteroatoms. The van der Waals surface area contributed by atoms with E-state index in [1.54, 1.807) is 30.3 Å². The SMILES string of the molecule is Cc1ccc(Cl)c(Oc2c(Cl)cccc2C#N)c1. The lowest BCUT2D eigenvalue weighted by atomic mass is 10.2. The highest BCUT2D eigenvalue weighted by molar-refractivity contribution is 6.33. The molecule has 18 heavy (non-hydrogen) atoms. The normalized spacial score (nSPS) is 9.89. The number of benzene rings is 2. The second-order valence-corrected chi connectivity index (χ2v) is 4.58. The first-order chi connectivity index (χ1) is 8.61. The summed E-state index contributed by atoms with van der Waals surface area (Å²) in [6, 6.07) is 12.5. The monoisotopic (exact) mass is 277 g/mol. The molecular weight excluding hydrogens is 269 g/mol. The van der Waals surface area contributed by atoms with Crippen molar-refractivity contribution in [1.82, 2.24) is 0 Å². The predicted octanol–water partition coefficient (Wildman–Crippen LogP) is 4.97. The van der Waals surface area contributed by atoms with E-state index < -0.39 is 0 Å². The number of para-hydroxylation sites is 1. The highest BCUT2D eigenvalue weighted by Gasteiger charge is 2.11. The van der Waals surface area contributed by atoms with Crippen LogP contribution < -0.4 is 4.74 Å². The first-order valence-corrected chi connectivity index (χ1v) is 6.00. The molecule has 2 nitrogen and oxygen atoms in total. The van der Waals surface area contributed by atoms with Gasteiger partial charge in [-0.25, -0.2) is 0 Å². The Labute approximate surface area is 115 Å². The summed E-state index contributed by atoms with van der Waals surface area (Å²) >= 11 is 12.1. The van der Waals surface area contributed by atoms with Gasteiger partial charge in [0.15, 0.2) is 5.75 Å². The van der Waals surface area contributed by atoms with Gasteiger partial charge in [0.05, 0.1) is 15.6 Å². The maximum Gasteiger partial charge on any atom is 0.163 e. The Hall–Kier alpha value is -1.69. The summed E-state index contributed by atoms with van der Waals surface area (Å²) in [6.07, 6.45) is 0. The fourth-order valence-electron chi connectivity index (χ4n) is 1.50. The van der Waals surface area contributed by atoms with Gasteiger partial charge in [0.2, 0.25) is 0 Å². The average molecular weight is 278 g/mol. The molecule has 0 aliphatic rings. The van der Waals surface area contributed by atoms with Crippen LogP contribution in [0.3, 0.4) is 0 Å². The summed E-state index contributed by atoms with van der Waals surface area (Å²) in [5.41, 5.74) is 1.39. The molecule has 2 aromatic rings. The Balaban J connectivity index is 2.46. The third-order valence-corrected chi connectivity index (χ3v) is 3.00. The summed E-state index contributed by atoms with van der Waals surface area (Å²) in [6.45, 7) is 1.93. The van der Waals surface area contributed by atoms with Gasteiger partial charge in [-0.1, -0.05) is 35.3 Å². The molecule has 0 aromatic heterocycles. The standard InChI is InChI=1S/C14H9Cl2NO/c1-9-5-6-11(15)13(7-9)18-14-10(8-17)3-2-4-12(14)16/h2-7H,1H3. The van der Waals surface area contributed by atoms with E-state index in [9.17, 15) is 0 Å². The Kier molecular flexibility index (Phi) is 3.76. The van der Waals surface area contributed by atoms with Crippen LogP contribution in [0.25, 0.3) is 0 Å². The second kappa shape index (κ2) is 5.30. The van der Waals surface area contributed by atoms with Crippen molar-refractivity contribution in [2.75, 3.05) is 0 Å². The van der Waals surface area contributed by atoms with Crippen LogP contribution >= 0.6 is 23.2 Å². The van der Waals surface area contributed by atoms with Crippen molar-refractivity contribution in [2.24, 2.45) is 0 Å². The topological polar surface area (TPSA) is 33.0 Å². The van der Waals surface area contributed by atoms with Gasteiger partial charge in [0.25, 0.3) is 0 Å². The van der Waals surface area contributed by atoms with E-state index in [1.165, 1.54) is 0 Å². The van der Waals surface area contributed by atoms with Gasteiger partial charge < -0.3 is 4.74 Å². The zero-order chi connectivity index (χ0) is 13.1. The van der Waals surface area contributed by atoms with Gasteiger partial charge in [0, 0.05) is 0 Å². The summed E-state index contributed by atoms with van der Waals surface area (Å²) in [7, 11) is 0. The van der Waals surface area contributed by atoms with Crippen LogP contribution in [0.2, 0.25) is 10.0 Å². The Morgan fingerprint density at radius 2 is 1.89 bits per heavy atom. The molecule has 0 saturated carbocycles. The van der Waals surface area contributed by atoms with E-state index in [0.29, 0.717) is 27.1 Å². The van der Waals surface area contributed by atoms with Crippen molar-refractivity contribution in [2.45, 2.75) is 6.92 Å². The van der Waals surface area contributed by atoms with Crippen molar-refractivity contribution in [3.05, 3.63) is 57.6 Å². The Morgan fingerprint density at radius 3 is 2.61 bits per heavy atom. The number of ether oxygens (including phenoxy) is 1. The maximum absolute atomic E-state index is 9.02. The largest absolute Gasteiger partial charge is 0.453 e. The Bertz CT molecular complexity index is 632. The summed E-state index contributed by atoms with van der Waals surface area (Å²) in [5, 5.41) is 9.88. The van der Waals surface area contributed by atoms with Crippen LogP contribution in [-0.4, -0.2) is 0 Å². The van der Waals surface area contributed by atoms with Crippen LogP contribution in [0.5, 0.6) is 11.5 Å². The lowest BCUT2D eigenvalue weighted by Gasteiger charge is -2.11. The lowest BCUT2D eigenvalue weighted by Crippen LogP contribution is -1.90. The highest BCUT2D eigenvalue weighted by atomic mass is 35.5. The van der Waals surface area contributed by atoms with E-state index in [2.05, 4.69) is 0 Å². The molecule has 0 N–H and O–H groups in total. The minimum absolute atomic E-state index is 0.328. The molecule has 2 aromatic carbocycles. The molecule has 0 spiro atoms. The summed E-state index contributed by atoms with van der Waals surface area (Å²) in [4.78, 5) is 0. The number of hydrogen-bond donors (Lipinski definition) is 0. The van der Waals surface area contributed by atoms with Gasteiger partial charge in [-0.2, -0.15) is 5.26 Å². The molecule has 0 heterocycles. The molecule has 0 aliphatic carbocycles. The molecule has 0 saturated heterocycles. The smallest absolute Gasteiger partial charge is 0.163 e. The van der Waals surface area contributed by atoms with E-state index in [-0.39, 0.29) is 0 Å². The Morgan fingerprint density at radius 1 is 1.11 bits per heavy atom. The van der Waals surface area contributed by atoms with E-state index in [1.807, 2.05) is 19.1 Å². The van der Waals surface area contributed by atoms with Gasteiger partial charge in [-0.05, 0) is 36.8 Å². The van der Waals surface area contributed by atoms with Crippen LogP contribution in [-0.2, 0) is 0 Å². The highest BCUT2D eigenvalue weighted by Crippen LogP contribution is 2.36. The zero-order valence-corrected chi connectivity index (χ0v) is 11.1. The molecule has 0 aliphatic heterocycles. The first-order valence-electron chi connectivity index (χ1n) is 5.24. The van der Waals surface area contributed by atoms with Gasteiger partial charge in [0.1, 0.15) is 11.8 Å². The second-order valence-electron chi connectivity index (χ2n) is 3.76. The predicted molar refractivity (Wildman–Crippen MR) is 72.4 cm³/mol. The minimum atomic E-state index is 0.328. The molecule has 2 rings (SSSR count). The molecule has 0 radical (unpaired) electrons. The summed E-state index contributed by atoms with van der Waals surface area (Å²) < 4.78 is 5.66. The number of aryl methyl sites for hydroxylation is 1. The molecule has 90 valence electrons. The van der Waals surface area contributed by atoms with Crippen LogP contribution in [0, 0.1) is 18.3 Å². The lowest BCUT2D eigenvalue weighted by molar-refractivity contribution is 0.481. The van der Waals surface area contributed by atoms with Crippen molar-refractivity contribution in [3.63, 3.8) is 0 Å². The van der Waals surface area contributed by atoms with Crippen molar-refractivity contribution in [3.8, 4) is 17.6 Å². The summed E-state index contributed by atoms with van der Waals surface area (Å²) in [5.74, 6) is 0.815. The fourth-order valence-corrected chi connectivity index (χ4v) is 1.87. The fraction of sp³-hybridized carbons (Fsp3) is 0.0714. The quantitative estimate of drug-likeness (QED) is 0.777. The van der Waals surface area contributed by atoms with Gasteiger partial charge >= 0.3 is 0 Å². The van der Waals surface area contributed by atoms with E-state index in [4.69, 9.17) is 33.2 Å². The van der Waals surface area contributed by atoms with Gasteiger partial charge in [-0.15, -0.1) is 0 Å². The van der Waals surface area contributed by atoms with Crippen molar-refractivity contribution in [1.29, 1.82) is 5.26 Å². The van der Waals surface area contributed by atoms with Gasteiger partial charge in [-0.3, -0.25) is 0 Å². The average Bonchev–Trinajstić information content (AvgIpc) is 2.36. The molecule has 0 bridgehead atoms. The molecule has 0 amide bonds. The number of halogens is 2.